The van der Waals surface area contributed by atoms with Crippen LogP contribution in [0.1, 0.15) is 30.1 Å². The maximum atomic E-state index is 11.7. The van der Waals surface area contributed by atoms with Gasteiger partial charge in [-0.05, 0) is 18.6 Å². The molecule has 5 nitrogen and oxygen atoms in total. The van der Waals surface area contributed by atoms with Crippen LogP contribution >= 0.6 is 11.6 Å². The smallest absolute Gasteiger partial charge is 0.337 e. The highest BCUT2D eigenvalue weighted by Crippen LogP contribution is 2.26. The lowest BCUT2D eigenvalue weighted by atomic mass is 10.1. The highest BCUT2D eigenvalue weighted by atomic mass is 35.5. The molecule has 19 heavy (non-hydrogen) atoms. The van der Waals surface area contributed by atoms with Gasteiger partial charge in [0, 0.05) is 6.61 Å². The number of rotatable bonds is 7. The number of carbonyl (C=O) groups is 2. The Morgan fingerprint density at radius 3 is 2.74 bits per heavy atom. The first kappa shape index (κ1) is 15.5. The minimum atomic E-state index is -1.14. The van der Waals surface area contributed by atoms with Crippen molar-refractivity contribution in [3.63, 3.8) is 0 Å². The average molecular weight is 286 g/mol. The van der Waals surface area contributed by atoms with E-state index in [2.05, 4.69) is 5.32 Å². The van der Waals surface area contributed by atoms with Crippen molar-refractivity contribution in [1.82, 2.24) is 0 Å². The number of carbonyl (C=O) groups excluding carboxylic acids is 1. The van der Waals surface area contributed by atoms with Crippen LogP contribution in [0.3, 0.4) is 0 Å². The third-order valence-corrected chi connectivity index (χ3v) is 2.65. The van der Waals surface area contributed by atoms with E-state index in [0.29, 0.717) is 13.2 Å². The van der Waals surface area contributed by atoms with E-state index in [9.17, 15) is 9.59 Å². The molecular weight excluding hydrogens is 270 g/mol. The molecule has 104 valence electrons. The molecule has 1 rings (SSSR count). The SMILES string of the molecule is CCCOCCC(=O)Nc1c(Cl)cccc1C(=O)O. The summed E-state index contributed by atoms with van der Waals surface area (Å²) in [7, 11) is 0. The number of halogens is 1. The zero-order valence-corrected chi connectivity index (χ0v) is 11.4. The van der Waals surface area contributed by atoms with Gasteiger partial charge in [-0.3, -0.25) is 4.79 Å². The van der Waals surface area contributed by atoms with Crippen LogP contribution in [0.25, 0.3) is 0 Å². The van der Waals surface area contributed by atoms with Crippen LogP contribution in [0.15, 0.2) is 18.2 Å². The number of carboxylic acid groups (broad SMARTS) is 1. The van der Waals surface area contributed by atoms with Gasteiger partial charge in [-0.2, -0.15) is 0 Å². The van der Waals surface area contributed by atoms with E-state index in [1.807, 2.05) is 6.92 Å². The van der Waals surface area contributed by atoms with Crippen molar-refractivity contribution in [2.75, 3.05) is 18.5 Å². The summed E-state index contributed by atoms with van der Waals surface area (Å²) in [4.78, 5) is 22.7. The van der Waals surface area contributed by atoms with E-state index in [1.165, 1.54) is 18.2 Å². The van der Waals surface area contributed by atoms with Crippen LogP contribution in [0.4, 0.5) is 5.69 Å². The topological polar surface area (TPSA) is 75.6 Å². The number of hydrogen-bond donors (Lipinski definition) is 2. The van der Waals surface area contributed by atoms with E-state index in [0.717, 1.165) is 6.42 Å². The van der Waals surface area contributed by atoms with Crippen molar-refractivity contribution in [3.8, 4) is 0 Å². The molecule has 0 saturated heterocycles. The van der Waals surface area contributed by atoms with Gasteiger partial charge in [0.25, 0.3) is 0 Å². The standard InChI is InChI=1S/C13H16ClNO4/c1-2-7-19-8-6-11(16)15-12-9(13(17)18)4-3-5-10(12)14/h3-5H,2,6-8H2,1H3,(H,15,16)(H,17,18). The number of benzene rings is 1. The Morgan fingerprint density at radius 1 is 1.37 bits per heavy atom. The van der Waals surface area contributed by atoms with E-state index in [-0.39, 0.29) is 28.6 Å². The largest absolute Gasteiger partial charge is 0.478 e. The Bertz CT molecular complexity index is 462. The van der Waals surface area contributed by atoms with Crippen molar-refractivity contribution in [1.29, 1.82) is 0 Å². The zero-order chi connectivity index (χ0) is 14.3. The van der Waals surface area contributed by atoms with Gasteiger partial charge in [0.05, 0.1) is 29.3 Å². The van der Waals surface area contributed by atoms with Crippen LogP contribution in [0.2, 0.25) is 5.02 Å². The molecule has 0 radical (unpaired) electrons. The Hall–Kier alpha value is -1.59. The molecule has 0 aliphatic rings. The molecule has 0 atom stereocenters. The second kappa shape index (κ2) is 7.76. The predicted molar refractivity (Wildman–Crippen MR) is 72.8 cm³/mol. The van der Waals surface area contributed by atoms with Gasteiger partial charge in [0.2, 0.25) is 5.91 Å². The van der Waals surface area contributed by atoms with Crippen LogP contribution in [-0.2, 0) is 9.53 Å². The first-order valence-corrected chi connectivity index (χ1v) is 6.33. The minimum absolute atomic E-state index is 0.0321. The molecule has 0 spiro atoms. The van der Waals surface area contributed by atoms with E-state index in [1.54, 1.807) is 0 Å². The summed E-state index contributed by atoms with van der Waals surface area (Å²) in [5.74, 6) is -1.47. The van der Waals surface area contributed by atoms with Gasteiger partial charge >= 0.3 is 5.97 Å². The molecule has 6 heteroatoms. The second-order valence-corrected chi connectivity index (χ2v) is 4.29. The highest BCUT2D eigenvalue weighted by Gasteiger charge is 2.15. The van der Waals surface area contributed by atoms with Gasteiger partial charge in [0.15, 0.2) is 0 Å². The van der Waals surface area contributed by atoms with Crippen molar-refractivity contribution in [3.05, 3.63) is 28.8 Å². The van der Waals surface area contributed by atoms with E-state index in [4.69, 9.17) is 21.4 Å². The molecule has 1 aromatic carbocycles. The van der Waals surface area contributed by atoms with Crippen LogP contribution < -0.4 is 5.32 Å². The van der Waals surface area contributed by atoms with Crippen molar-refractivity contribution >= 4 is 29.2 Å². The zero-order valence-electron chi connectivity index (χ0n) is 10.6. The quantitative estimate of drug-likeness (QED) is 0.755. The molecule has 1 aromatic rings. The molecular formula is C13H16ClNO4. The van der Waals surface area contributed by atoms with Gasteiger partial charge < -0.3 is 15.2 Å². The van der Waals surface area contributed by atoms with Crippen LogP contribution in [0, 0.1) is 0 Å². The molecule has 2 N–H and O–H groups in total. The Morgan fingerprint density at radius 2 is 2.11 bits per heavy atom. The predicted octanol–water partition coefficient (Wildman–Crippen LogP) is 2.79. The number of carboxylic acids is 1. The van der Waals surface area contributed by atoms with Gasteiger partial charge in [0.1, 0.15) is 0 Å². The molecule has 0 aliphatic heterocycles. The summed E-state index contributed by atoms with van der Waals surface area (Å²) >= 11 is 5.89. The molecule has 1 amide bonds. The lowest BCUT2D eigenvalue weighted by Crippen LogP contribution is -2.17. The number of para-hydroxylation sites is 1. The molecule has 0 heterocycles. The molecule has 0 unspecified atom stereocenters. The van der Waals surface area contributed by atoms with Crippen molar-refractivity contribution in [2.45, 2.75) is 19.8 Å². The van der Waals surface area contributed by atoms with Crippen molar-refractivity contribution in [2.24, 2.45) is 0 Å². The highest BCUT2D eigenvalue weighted by molar-refractivity contribution is 6.34. The minimum Gasteiger partial charge on any atom is -0.478 e. The lowest BCUT2D eigenvalue weighted by Gasteiger charge is -2.10. The molecule has 0 bridgehead atoms. The molecule has 0 aliphatic carbocycles. The van der Waals surface area contributed by atoms with Gasteiger partial charge in [-0.25, -0.2) is 4.79 Å². The van der Waals surface area contributed by atoms with Crippen LogP contribution in [0.5, 0.6) is 0 Å². The number of aromatic carboxylic acids is 1. The third kappa shape index (κ3) is 4.89. The number of ether oxygens (including phenoxy) is 1. The van der Waals surface area contributed by atoms with E-state index >= 15 is 0 Å². The summed E-state index contributed by atoms with van der Waals surface area (Å²) in [6, 6.07) is 4.43. The number of anilines is 1. The fourth-order valence-corrected chi connectivity index (χ4v) is 1.66. The average Bonchev–Trinajstić information content (AvgIpc) is 2.37. The molecule has 0 aromatic heterocycles. The normalized spacial score (nSPS) is 10.2. The van der Waals surface area contributed by atoms with Crippen LogP contribution in [-0.4, -0.2) is 30.2 Å². The first-order valence-electron chi connectivity index (χ1n) is 5.95. The Balaban J connectivity index is 2.66. The van der Waals surface area contributed by atoms with Gasteiger partial charge in [-0.15, -0.1) is 0 Å². The van der Waals surface area contributed by atoms with Gasteiger partial charge in [-0.1, -0.05) is 24.6 Å². The number of hydrogen-bond acceptors (Lipinski definition) is 3. The maximum absolute atomic E-state index is 11.7. The number of amides is 1. The third-order valence-electron chi connectivity index (χ3n) is 2.33. The fraction of sp³-hybridized carbons (Fsp3) is 0.385. The monoisotopic (exact) mass is 285 g/mol. The maximum Gasteiger partial charge on any atom is 0.337 e. The number of nitrogens with one attached hydrogen (secondary N) is 1. The fourth-order valence-electron chi connectivity index (χ4n) is 1.44. The van der Waals surface area contributed by atoms with Crippen molar-refractivity contribution < 1.29 is 19.4 Å². The summed E-state index contributed by atoms with van der Waals surface area (Å²) in [6.07, 6.45) is 1.04. The summed E-state index contributed by atoms with van der Waals surface area (Å²) in [6.45, 7) is 2.87. The molecule has 0 saturated carbocycles. The van der Waals surface area contributed by atoms with E-state index < -0.39 is 5.97 Å². The summed E-state index contributed by atoms with van der Waals surface area (Å²) in [5.41, 5.74) is 0.0903. The first-order chi connectivity index (χ1) is 9.06. The lowest BCUT2D eigenvalue weighted by molar-refractivity contribution is -0.117. The second-order valence-electron chi connectivity index (χ2n) is 3.88. The molecule has 0 fully saturated rings. The summed E-state index contributed by atoms with van der Waals surface area (Å²) in [5, 5.41) is 11.7. The Labute approximate surface area is 116 Å². The Kier molecular flexibility index (Phi) is 6.32. The summed E-state index contributed by atoms with van der Waals surface area (Å²) < 4.78 is 5.19.